The molecular formula is C24H26N2O3. The number of aryl methyl sites for hydroxylation is 1. The van der Waals surface area contributed by atoms with E-state index >= 15 is 0 Å². The van der Waals surface area contributed by atoms with E-state index in [-0.39, 0.29) is 12.5 Å². The average Bonchev–Trinajstić information content (AvgIpc) is 2.75. The van der Waals surface area contributed by atoms with E-state index in [1.165, 1.54) is 5.56 Å². The molecule has 0 unspecified atom stereocenters. The van der Waals surface area contributed by atoms with Crippen molar-refractivity contribution in [3.8, 4) is 11.5 Å². The van der Waals surface area contributed by atoms with E-state index in [1.54, 1.807) is 7.11 Å². The van der Waals surface area contributed by atoms with Crippen molar-refractivity contribution in [1.82, 2.24) is 5.32 Å². The Kier molecular flexibility index (Phi) is 7.25. The van der Waals surface area contributed by atoms with Crippen LogP contribution in [0, 0.1) is 6.92 Å². The molecule has 0 saturated carbocycles. The summed E-state index contributed by atoms with van der Waals surface area (Å²) in [6.07, 6.45) is 0. The standard InChI is InChI=1S/C24H26N2O3/c1-18-7-11-21(12-8-18)26-24(27)17-29-23-6-4-3-5-20(23)16-25-15-19-9-13-22(28-2)14-10-19/h3-14,25H,15-17H2,1-2H3,(H,26,27). The van der Waals surface area contributed by atoms with Crippen LogP contribution in [0.5, 0.6) is 11.5 Å². The van der Waals surface area contributed by atoms with E-state index in [0.717, 1.165) is 29.1 Å². The minimum Gasteiger partial charge on any atom is -0.497 e. The number of carbonyl (C=O) groups is 1. The second-order valence-electron chi connectivity index (χ2n) is 6.76. The smallest absolute Gasteiger partial charge is 0.262 e. The third kappa shape index (κ3) is 6.36. The lowest BCUT2D eigenvalue weighted by Crippen LogP contribution is -2.21. The number of para-hydroxylation sites is 1. The molecule has 0 aliphatic heterocycles. The van der Waals surface area contributed by atoms with Crippen molar-refractivity contribution in [2.24, 2.45) is 0 Å². The van der Waals surface area contributed by atoms with Gasteiger partial charge in [-0.1, -0.05) is 48.0 Å². The van der Waals surface area contributed by atoms with Crippen LogP contribution < -0.4 is 20.1 Å². The monoisotopic (exact) mass is 390 g/mol. The second-order valence-corrected chi connectivity index (χ2v) is 6.76. The lowest BCUT2D eigenvalue weighted by molar-refractivity contribution is -0.118. The topological polar surface area (TPSA) is 59.6 Å². The number of methoxy groups -OCH3 is 1. The zero-order chi connectivity index (χ0) is 20.5. The Labute approximate surface area is 171 Å². The van der Waals surface area contributed by atoms with Crippen LogP contribution >= 0.6 is 0 Å². The lowest BCUT2D eigenvalue weighted by Gasteiger charge is -2.13. The van der Waals surface area contributed by atoms with E-state index < -0.39 is 0 Å². The molecule has 3 aromatic carbocycles. The first-order valence-electron chi connectivity index (χ1n) is 9.55. The first kappa shape index (κ1) is 20.4. The molecule has 1 amide bonds. The predicted octanol–water partition coefficient (Wildman–Crippen LogP) is 4.31. The van der Waals surface area contributed by atoms with Crippen molar-refractivity contribution in [3.63, 3.8) is 0 Å². The number of amides is 1. The third-order valence-electron chi connectivity index (χ3n) is 4.47. The maximum atomic E-state index is 12.2. The Morgan fingerprint density at radius 2 is 1.62 bits per heavy atom. The molecule has 3 aromatic rings. The fourth-order valence-electron chi connectivity index (χ4n) is 2.85. The van der Waals surface area contributed by atoms with Crippen molar-refractivity contribution < 1.29 is 14.3 Å². The lowest BCUT2D eigenvalue weighted by atomic mass is 10.2. The summed E-state index contributed by atoms with van der Waals surface area (Å²) in [5, 5.41) is 6.25. The molecule has 0 aliphatic rings. The molecule has 5 heteroatoms. The van der Waals surface area contributed by atoms with Crippen LogP contribution in [0.1, 0.15) is 16.7 Å². The minimum atomic E-state index is -0.185. The summed E-state index contributed by atoms with van der Waals surface area (Å²) in [4.78, 5) is 12.2. The summed E-state index contributed by atoms with van der Waals surface area (Å²) in [7, 11) is 1.66. The molecule has 0 aromatic heterocycles. The second kappa shape index (κ2) is 10.3. The van der Waals surface area contributed by atoms with Gasteiger partial charge in [0.2, 0.25) is 0 Å². The highest BCUT2D eigenvalue weighted by molar-refractivity contribution is 5.91. The molecule has 0 saturated heterocycles. The van der Waals surface area contributed by atoms with Crippen LogP contribution in [0.2, 0.25) is 0 Å². The zero-order valence-corrected chi connectivity index (χ0v) is 16.8. The summed E-state index contributed by atoms with van der Waals surface area (Å²) in [5.41, 5.74) is 4.08. The number of benzene rings is 3. The highest BCUT2D eigenvalue weighted by Crippen LogP contribution is 2.18. The van der Waals surface area contributed by atoms with Crippen LogP contribution in [0.15, 0.2) is 72.8 Å². The predicted molar refractivity (Wildman–Crippen MR) is 115 cm³/mol. The number of ether oxygens (including phenoxy) is 2. The first-order chi connectivity index (χ1) is 14.1. The van der Waals surface area contributed by atoms with Crippen LogP contribution in [-0.2, 0) is 17.9 Å². The molecular weight excluding hydrogens is 364 g/mol. The van der Waals surface area contributed by atoms with Gasteiger partial charge in [-0.2, -0.15) is 0 Å². The van der Waals surface area contributed by atoms with Gasteiger partial charge in [0.15, 0.2) is 6.61 Å². The SMILES string of the molecule is COc1ccc(CNCc2ccccc2OCC(=O)Nc2ccc(C)cc2)cc1. The molecule has 0 fully saturated rings. The molecule has 2 N–H and O–H groups in total. The minimum absolute atomic E-state index is 0.0383. The van der Waals surface area contributed by atoms with Crippen LogP contribution in [-0.4, -0.2) is 19.6 Å². The van der Waals surface area contributed by atoms with Crippen molar-refractivity contribution >= 4 is 11.6 Å². The first-order valence-corrected chi connectivity index (χ1v) is 9.55. The molecule has 150 valence electrons. The Morgan fingerprint density at radius 1 is 0.897 bits per heavy atom. The van der Waals surface area contributed by atoms with E-state index in [2.05, 4.69) is 10.6 Å². The number of anilines is 1. The van der Waals surface area contributed by atoms with Gasteiger partial charge in [0.25, 0.3) is 5.91 Å². The summed E-state index contributed by atoms with van der Waals surface area (Å²) >= 11 is 0. The van der Waals surface area contributed by atoms with Gasteiger partial charge in [0.05, 0.1) is 7.11 Å². The Hall–Kier alpha value is -3.31. The molecule has 29 heavy (non-hydrogen) atoms. The van der Waals surface area contributed by atoms with Gasteiger partial charge < -0.3 is 20.1 Å². The number of rotatable bonds is 9. The largest absolute Gasteiger partial charge is 0.497 e. The molecule has 3 rings (SSSR count). The van der Waals surface area contributed by atoms with Crippen LogP contribution in [0.3, 0.4) is 0 Å². The maximum absolute atomic E-state index is 12.2. The quantitative estimate of drug-likeness (QED) is 0.572. The molecule has 5 nitrogen and oxygen atoms in total. The normalized spacial score (nSPS) is 10.4. The van der Waals surface area contributed by atoms with Crippen molar-refractivity contribution in [3.05, 3.63) is 89.5 Å². The average molecular weight is 390 g/mol. The van der Waals surface area contributed by atoms with E-state index in [0.29, 0.717) is 12.3 Å². The van der Waals surface area contributed by atoms with Gasteiger partial charge in [-0.3, -0.25) is 4.79 Å². The van der Waals surface area contributed by atoms with Crippen molar-refractivity contribution in [1.29, 1.82) is 0 Å². The van der Waals surface area contributed by atoms with Crippen LogP contribution in [0.25, 0.3) is 0 Å². The molecule has 0 radical (unpaired) electrons. The summed E-state index contributed by atoms with van der Waals surface area (Å²) in [5.74, 6) is 1.36. The van der Waals surface area contributed by atoms with Gasteiger partial charge in [-0.15, -0.1) is 0 Å². The van der Waals surface area contributed by atoms with E-state index in [4.69, 9.17) is 9.47 Å². The van der Waals surface area contributed by atoms with E-state index in [1.807, 2.05) is 79.7 Å². The number of carbonyl (C=O) groups excluding carboxylic acids is 1. The Bertz CT molecular complexity index is 922. The van der Waals surface area contributed by atoms with Gasteiger partial charge in [0.1, 0.15) is 11.5 Å². The van der Waals surface area contributed by atoms with Gasteiger partial charge in [0, 0.05) is 24.3 Å². The zero-order valence-electron chi connectivity index (χ0n) is 16.8. The molecule has 0 heterocycles. The highest BCUT2D eigenvalue weighted by atomic mass is 16.5. The van der Waals surface area contributed by atoms with E-state index in [9.17, 15) is 4.79 Å². The van der Waals surface area contributed by atoms with Crippen molar-refractivity contribution in [2.45, 2.75) is 20.0 Å². The molecule has 0 atom stereocenters. The van der Waals surface area contributed by atoms with Crippen LogP contribution in [0.4, 0.5) is 5.69 Å². The summed E-state index contributed by atoms with van der Waals surface area (Å²) < 4.78 is 10.9. The van der Waals surface area contributed by atoms with Gasteiger partial charge in [-0.05, 0) is 42.8 Å². The molecule has 0 bridgehead atoms. The number of hydrogen-bond donors (Lipinski definition) is 2. The van der Waals surface area contributed by atoms with Gasteiger partial charge in [-0.25, -0.2) is 0 Å². The molecule has 0 spiro atoms. The van der Waals surface area contributed by atoms with Crippen molar-refractivity contribution in [2.75, 3.05) is 19.0 Å². The number of hydrogen-bond acceptors (Lipinski definition) is 4. The molecule has 0 aliphatic carbocycles. The number of nitrogens with one attached hydrogen (secondary N) is 2. The third-order valence-corrected chi connectivity index (χ3v) is 4.47. The summed E-state index contributed by atoms with van der Waals surface area (Å²) in [6.45, 7) is 3.34. The fourth-order valence-corrected chi connectivity index (χ4v) is 2.85. The highest BCUT2D eigenvalue weighted by Gasteiger charge is 2.07. The Morgan fingerprint density at radius 3 is 2.34 bits per heavy atom. The maximum Gasteiger partial charge on any atom is 0.262 e. The Balaban J connectivity index is 1.50. The summed E-state index contributed by atoms with van der Waals surface area (Å²) in [6, 6.07) is 23.4. The fraction of sp³-hybridized carbons (Fsp3) is 0.208. The van der Waals surface area contributed by atoms with Gasteiger partial charge >= 0.3 is 0 Å².